The molecule has 0 heterocycles. The second-order valence-corrected chi connectivity index (χ2v) is 6.33. The largest absolute Gasteiger partial charge is 0.496 e. The number of carboxylic acids is 1. The van der Waals surface area contributed by atoms with Gasteiger partial charge in [0.05, 0.1) is 13.0 Å². The van der Waals surface area contributed by atoms with E-state index in [0.29, 0.717) is 25.4 Å². The SMILES string of the molecule is COc1cc(CNCC(CC(C)C)C(=O)O)ccc1SC. The minimum absolute atomic E-state index is 0.336. The maximum Gasteiger partial charge on any atom is 0.307 e. The van der Waals surface area contributed by atoms with E-state index < -0.39 is 5.97 Å². The number of thioether (sulfide) groups is 1. The predicted octanol–water partition coefficient (Wildman–Crippen LogP) is 3.25. The maximum atomic E-state index is 11.2. The third-order valence-electron chi connectivity index (χ3n) is 3.27. The molecule has 2 N–H and O–H groups in total. The van der Waals surface area contributed by atoms with Crippen molar-refractivity contribution in [2.24, 2.45) is 11.8 Å². The zero-order valence-corrected chi connectivity index (χ0v) is 14.0. The molecule has 21 heavy (non-hydrogen) atoms. The zero-order chi connectivity index (χ0) is 15.8. The fourth-order valence-corrected chi connectivity index (χ4v) is 2.77. The van der Waals surface area contributed by atoms with Crippen LogP contribution in [0.15, 0.2) is 23.1 Å². The van der Waals surface area contributed by atoms with Crippen molar-refractivity contribution in [2.75, 3.05) is 19.9 Å². The van der Waals surface area contributed by atoms with Crippen LogP contribution in [0.2, 0.25) is 0 Å². The van der Waals surface area contributed by atoms with Gasteiger partial charge in [0, 0.05) is 18.0 Å². The van der Waals surface area contributed by atoms with Gasteiger partial charge < -0.3 is 15.2 Å². The Hall–Kier alpha value is -1.20. The molecule has 0 bridgehead atoms. The van der Waals surface area contributed by atoms with Crippen LogP contribution in [0.4, 0.5) is 0 Å². The molecule has 0 aromatic heterocycles. The first-order chi connectivity index (χ1) is 9.97. The summed E-state index contributed by atoms with van der Waals surface area (Å²) in [5, 5.41) is 12.4. The molecule has 0 saturated carbocycles. The van der Waals surface area contributed by atoms with Gasteiger partial charge in [-0.3, -0.25) is 4.79 Å². The number of ether oxygens (including phenoxy) is 1. The van der Waals surface area contributed by atoms with E-state index >= 15 is 0 Å². The molecule has 0 aliphatic rings. The number of methoxy groups -OCH3 is 1. The lowest BCUT2D eigenvalue weighted by atomic mass is 9.97. The summed E-state index contributed by atoms with van der Waals surface area (Å²) in [5.41, 5.74) is 1.10. The number of rotatable bonds is 9. The van der Waals surface area contributed by atoms with Gasteiger partial charge in [-0.05, 0) is 36.3 Å². The van der Waals surface area contributed by atoms with Crippen molar-refractivity contribution in [1.82, 2.24) is 5.32 Å². The van der Waals surface area contributed by atoms with Gasteiger partial charge in [0.2, 0.25) is 0 Å². The Bertz CT molecular complexity index is 463. The highest BCUT2D eigenvalue weighted by atomic mass is 32.2. The van der Waals surface area contributed by atoms with Crippen LogP contribution < -0.4 is 10.1 Å². The van der Waals surface area contributed by atoms with Crippen LogP contribution in [0.25, 0.3) is 0 Å². The monoisotopic (exact) mass is 311 g/mol. The van der Waals surface area contributed by atoms with Crippen molar-refractivity contribution in [3.05, 3.63) is 23.8 Å². The summed E-state index contributed by atoms with van der Waals surface area (Å²) >= 11 is 1.65. The van der Waals surface area contributed by atoms with Crippen LogP contribution in [-0.2, 0) is 11.3 Å². The van der Waals surface area contributed by atoms with Crippen LogP contribution in [0.5, 0.6) is 5.75 Å². The Morgan fingerprint density at radius 1 is 1.43 bits per heavy atom. The summed E-state index contributed by atoms with van der Waals surface area (Å²) < 4.78 is 5.35. The molecular weight excluding hydrogens is 286 g/mol. The number of nitrogens with one attached hydrogen (secondary N) is 1. The lowest BCUT2D eigenvalue weighted by Gasteiger charge is -2.16. The molecule has 0 amide bonds. The van der Waals surface area contributed by atoms with Crippen LogP contribution in [0.3, 0.4) is 0 Å². The molecule has 0 radical (unpaired) electrons. The van der Waals surface area contributed by atoms with Crippen LogP contribution in [0, 0.1) is 11.8 Å². The van der Waals surface area contributed by atoms with E-state index in [1.54, 1.807) is 18.9 Å². The van der Waals surface area contributed by atoms with Gasteiger partial charge in [-0.25, -0.2) is 0 Å². The molecule has 118 valence electrons. The molecule has 1 atom stereocenters. The minimum Gasteiger partial charge on any atom is -0.496 e. The first kappa shape index (κ1) is 17.9. The highest BCUT2D eigenvalue weighted by Crippen LogP contribution is 2.28. The minimum atomic E-state index is -0.730. The van der Waals surface area contributed by atoms with E-state index in [9.17, 15) is 9.90 Å². The maximum absolute atomic E-state index is 11.2. The Morgan fingerprint density at radius 2 is 2.14 bits per heavy atom. The number of hydrogen-bond acceptors (Lipinski definition) is 4. The highest BCUT2D eigenvalue weighted by Gasteiger charge is 2.18. The first-order valence-corrected chi connectivity index (χ1v) is 8.34. The van der Waals surface area contributed by atoms with Gasteiger partial charge in [0.15, 0.2) is 0 Å². The summed E-state index contributed by atoms with van der Waals surface area (Å²) in [6.07, 6.45) is 2.70. The van der Waals surface area contributed by atoms with Crippen LogP contribution in [-0.4, -0.2) is 31.0 Å². The van der Waals surface area contributed by atoms with Gasteiger partial charge in [0.25, 0.3) is 0 Å². The third kappa shape index (κ3) is 5.98. The molecule has 0 aliphatic heterocycles. The van der Waals surface area contributed by atoms with Crippen molar-refractivity contribution < 1.29 is 14.6 Å². The van der Waals surface area contributed by atoms with E-state index in [2.05, 4.69) is 5.32 Å². The average Bonchev–Trinajstić information content (AvgIpc) is 2.45. The van der Waals surface area contributed by atoms with Crippen LogP contribution >= 0.6 is 11.8 Å². The van der Waals surface area contributed by atoms with Gasteiger partial charge in [-0.15, -0.1) is 11.8 Å². The van der Waals surface area contributed by atoms with Crippen LogP contribution in [0.1, 0.15) is 25.8 Å². The summed E-state index contributed by atoms with van der Waals surface area (Å²) in [4.78, 5) is 12.3. The van der Waals surface area contributed by atoms with E-state index in [-0.39, 0.29) is 5.92 Å². The van der Waals surface area contributed by atoms with Gasteiger partial charge >= 0.3 is 5.97 Å². The molecule has 1 aromatic rings. The van der Waals surface area contributed by atoms with E-state index in [1.165, 1.54) is 0 Å². The normalized spacial score (nSPS) is 12.4. The zero-order valence-electron chi connectivity index (χ0n) is 13.2. The lowest BCUT2D eigenvalue weighted by Crippen LogP contribution is -2.29. The van der Waals surface area contributed by atoms with Crippen molar-refractivity contribution in [1.29, 1.82) is 0 Å². The second kappa shape index (κ2) is 8.95. The first-order valence-electron chi connectivity index (χ1n) is 7.12. The van der Waals surface area contributed by atoms with E-state index in [4.69, 9.17) is 4.74 Å². The topological polar surface area (TPSA) is 58.6 Å². The standard InChI is InChI=1S/C16H25NO3S/c1-11(2)7-13(16(18)19)10-17-9-12-5-6-15(21-4)14(8-12)20-3/h5-6,8,11,13,17H,7,9-10H2,1-4H3,(H,18,19). The number of aliphatic carboxylic acids is 1. The number of hydrogen-bond donors (Lipinski definition) is 2. The Morgan fingerprint density at radius 3 is 2.67 bits per heavy atom. The molecular formula is C16H25NO3S. The molecule has 1 unspecified atom stereocenters. The molecule has 0 saturated heterocycles. The van der Waals surface area contributed by atoms with Crippen molar-refractivity contribution in [2.45, 2.75) is 31.7 Å². The van der Waals surface area contributed by atoms with E-state index in [0.717, 1.165) is 16.2 Å². The van der Waals surface area contributed by atoms with Crippen molar-refractivity contribution in [3.63, 3.8) is 0 Å². The summed E-state index contributed by atoms with van der Waals surface area (Å²) in [5.74, 6) is 0.177. The van der Waals surface area contributed by atoms with Crippen molar-refractivity contribution >= 4 is 17.7 Å². The molecule has 4 nitrogen and oxygen atoms in total. The van der Waals surface area contributed by atoms with Crippen molar-refractivity contribution in [3.8, 4) is 5.75 Å². The lowest BCUT2D eigenvalue weighted by molar-refractivity contribution is -0.142. The average molecular weight is 311 g/mol. The fraction of sp³-hybridized carbons (Fsp3) is 0.562. The third-order valence-corrected chi connectivity index (χ3v) is 4.05. The highest BCUT2D eigenvalue weighted by molar-refractivity contribution is 7.98. The summed E-state index contributed by atoms with van der Waals surface area (Å²) in [7, 11) is 1.66. The smallest absolute Gasteiger partial charge is 0.307 e. The fourth-order valence-electron chi connectivity index (χ4n) is 2.22. The molecule has 0 spiro atoms. The molecule has 5 heteroatoms. The Labute approximate surface area is 131 Å². The van der Waals surface area contributed by atoms with E-state index in [1.807, 2.05) is 38.3 Å². The predicted molar refractivity (Wildman–Crippen MR) is 87.1 cm³/mol. The Balaban J connectivity index is 2.56. The quantitative estimate of drug-likeness (QED) is 0.686. The Kier molecular flexibility index (Phi) is 7.61. The molecule has 0 fully saturated rings. The number of carboxylic acid groups (broad SMARTS) is 1. The number of benzene rings is 1. The van der Waals surface area contributed by atoms with Gasteiger partial charge in [-0.2, -0.15) is 0 Å². The molecule has 1 rings (SSSR count). The second-order valence-electron chi connectivity index (χ2n) is 5.48. The molecule has 1 aromatic carbocycles. The number of carbonyl (C=O) groups is 1. The summed E-state index contributed by atoms with van der Waals surface area (Å²) in [6.45, 7) is 5.22. The van der Waals surface area contributed by atoms with Gasteiger partial charge in [0.1, 0.15) is 5.75 Å². The summed E-state index contributed by atoms with van der Waals surface area (Å²) in [6, 6.07) is 6.07. The van der Waals surface area contributed by atoms with Gasteiger partial charge in [-0.1, -0.05) is 19.9 Å². The molecule has 0 aliphatic carbocycles.